The maximum atomic E-state index is 11.2. The van der Waals surface area contributed by atoms with Crippen molar-refractivity contribution in [3.05, 3.63) is 48.0 Å². The molecule has 2 fully saturated rings. The summed E-state index contributed by atoms with van der Waals surface area (Å²) in [4.78, 5) is 11.2. The number of rotatable bonds is 5. The molecule has 0 amide bonds. The van der Waals surface area contributed by atoms with E-state index in [1.807, 2.05) is 37.3 Å². The number of carbonyl (C=O) groups is 1. The standard InChI is InChI=1S/C21H28O7/c1-20-13-26-19(14-8-5-4-6-9-14)27-17(20)12-16(23)21(2,28-20)15(22)10-7-11-18(24)25-3/h4-9,11,15-17,19,22-23H,10,12-13H2,1-3H3/b11-7+/t15-,16+,17-,19+,20+,21-/m0/s1. The number of aliphatic hydroxyl groups is 2. The summed E-state index contributed by atoms with van der Waals surface area (Å²) < 4.78 is 22.7. The average Bonchev–Trinajstić information content (AvgIpc) is 2.69. The fraction of sp³-hybridized carbons (Fsp3) is 0.571. The maximum absolute atomic E-state index is 11.2. The molecule has 2 saturated heterocycles. The second-order valence-electron chi connectivity index (χ2n) is 7.71. The van der Waals surface area contributed by atoms with E-state index in [4.69, 9.17) is 14.2 Å². The van der Waals surface area contributed by atoms with Gasteiger partial charge in [0.15, 0.2) is 6.29 Å². The van der Waals surface area contributed by atoms with Crippen LogP contribution in [0.15, 0.2) is 42.5 Å². The van der Waals surface area contributed by atoms with Gasteiger partial charge in [0.1, 0.15) is 11.2 Å². The second kappa shape index (κ2) is 8.31. The molecule has 7 nitrogen and oxygen atoms in total. The van der Waals surface area contributed by atoms with Crippen LogP contribution in [-0.2, 0) is 23.7 Å². The van der Waals surface area contributed by atoms with E-state index in [2.05, 4.69) is 4.74 Å². The molecule has 154 valence electrons. The van der Waals surface area contributed by atoms with Gasteiger partial charge in [-0.3, -0.25) is 0 Å². The van der Waals surface area contributed by atoms with E-state index in [9.17, 15) is 15.0 Å². The summed E-state index contributed by atoms with van der Waals surface area (Å²) in [6.07, 6.45) is 0.319. The van der Waals surface area contributed by atoms with Crippen molar-refractivity contribution in [3.63, 3.8) is 0 Å². The minimum absolute atomic E-state index is 0.137. The van der Waals surface area contributed by atoms with Gasteiger partial charge in [0.25, 0.3) is 0 Å². The lowest BCUT2D eigenvalue weighted by Gasteiger charge is -2.55. The Morgan fingerprint density at radius 2 is 2.07 bits per heavy atom. The highest BCUT2D eigenvalue weighted by Crippen LogP contribution is 2.45. The topological polar surface area (TPSA) is 94.5 Å². The largest absolute Gasteiger partial charge is 0.466 e. The van der Waals surface area contributed by atoms with Crippen molar-refractivity contribution in [3.8, 4) is 0 Å². The van der Waals surface area contributed by atoms with Gasteiger partial charge in [-0.1, -0.05) is 36.4 Å². The summed E-state index contributed by atoms with van der Waals surface area (Å²) in [5.41, 5.74) is -1.13. The summed E-state index contributed by atoms with van der Waals surface area (Å²) in [7, 11) is 1.28. The highest BCUT2D eigenvalue weighted by Gasteiger charge is 2.57. The van der Waals surface area contributed by atoms with Gasteiger partial charge in [0.2, 0.25) is 0 Å². The van der Waals surface area contributed by atoms with Crippen molar-refractivity contribution < 1.29 is 34.0 Å². The molecule has 2 heterocycles. The van der Waals surface area contributed by atoms with Gasteiger partial charge in [-0.05, 0) is 20.3 Å². The van der Waals surface area contributed by atoms with Crippen LogP contribution in [-0.4, -0.2) is 59.4 Å². The van der Waals surface area contributed by atoms with Crippen molar-refractivity contribution in [2.45, 2.75) is 62.5 Å². The zero-order valence-corrected chi connectivity index (χ0v) is 16.4. The Morgan fingerprint density at radius 1 is 1.36 bits per heavy atom. The maximum Gasteiger partial charge on any atom is 0.330 e. The smallest absolute Gasteiger partial charge is 0.330 e. The van der Waals surface area contributed by atoms with Crippen LogP contribution in [0.2, 0.25) is 0 Å². The molecule has 0 saturated carbocycles. The molecule has 0 aliphatic carbocycles. The molecule has 2 aliphatic heterocycles. The van der Waals surface area contributed by atoms with Crippen LogP contribution in [0.5, 0.6) is 0 Å². The van der Waals surface area contributed by atoms with E-state index >= 15 is 0 Å². The fourth-order valence-corrected chi connectivity index (χ4v) is 3.74. The first-order valence-corrected chi connectivity index (χ1v) is 9.41. The first-order valence-electron chi connectivity index (χ1n) is 9.41. The molecule has 1 aromatic rings. The third-order valence-electron chi connectivity index (χ3n) is 5.59. The molecule has 2 N–H and O–H groups in total. The molecule has 0 spiro atoms. The number of carbonyl (C=O) groups excluding carboxylic acids is 1. The second-order valence-corrected chi connectivity index (χ2v) is 7.71. The van der Waals surface area contributed by atoms with E-state index < -0.39 is 35.7 Å². The molecule has 0 radical (unpaired) electrons. The predicted molar refractivity (Wildman–Crippen MR) is 100 cm³/mol. The molecule has 7 heteroatoms. The Morgan fingerprint density at radius 3 is 2.75 bits per heavy atom. The Balaban J connectivity index is 1.70. The van der Waals surface area contributed by atoms with Gasteiger partial charge in [0, 0.05) is 18.1 Å². The number of hydrogen-bond donors (Lipinski definition) is 2. The molecule has 0 aromatic heterocycles. The lowest BCUT2D eigenvalue weighted by Crippen LogP contribution is -2.68. The van der Waals surface area contributed by atoms with Crippen LogP contribution in [0.1, 0.15) is 38.5 Å². The van der Waals surface area contributed by atoms with Gasteiger partial charge in [0.05, 0.1) is 32.0 Å². The van der Waals surface area contributed by atoms with Crippen molar-refractivity contribution in [2.75, 3.05) is 13.7 Å². The average molecular weight is 392 g/mol. The molecule has 3 rings (SSSR count). The lowest BCUT2D eigenvalue weighted by atomic mass is 9.78. The normalized spacial score (nSPS) is 36.7. The Bertz CT molecular complexity index is 706. The van der Waals surface area contributed by atoms with Crippen molar-refractivity contribution in [1.29, 1.82) is 0 Å². The first kappa shape index (κ1) is 21.0. The van der Waals surface area contributed by atoms with E-state index in [0.717, 1.165) is 5.56 Å². The summed E-state index contributed by atoms with van der Waals surface area (Å²) in [6.45, 7) is 3.79. The van der Waals surface area contributed by atoms with Gasteiger partial charge >= 0.3 is 5.97 Å². The van der Waals surface area contributed by atoms with E-state index in [-0.39, 0.29) is 19.1 Å². The molecule has 0 unspecified atom stereocenters. The molecule has 2 aliphatic rings. The van der Waals surface area contributed by atoms with Crippen LogP contribution in [0, 0.1) is 0 Å². The summed E-state index contributed by atoms with van der Waals surface area (Å²) in [5.74, 6) is -0.504. The SMILES string of the molecule is COC(=O)/C=C/C[C@H](O)[C@]1(C)O[C@]2(C)CO[C@@H](c3ccccc3)O[C@H]2C[C@H]1O. The number of fused-ring (bicyclic) bond motifs is 1. The monoisotopic (exact) mass is 392 g/mol. The highest BCUT2D eigenvalue weighted by molar-refractivity contribution is 5.81. The van der Waals surface area contributed by atoms with E-state index in [1.54, 1.807) is 6.92 Å². The molecule has 1 aromatic carbocycles. The Kier molecular flexibility index (Phi) is 6.21. The van der Waals surface area contributed by atoms with Crippen molar-refractivity contribution >= 4 is 5.97 Å². The predicted octanol–water partition coefficient (Wildman–Crippen LogP) is 1.88. The van der Waals surface area contributed by atoms with Crippen LogP contribution < -0.4 is 0 Å². The Labute approximate surface area is 164 Å². The Hall–Kier alpha value is -1.77. The van der Waals surface area contributed by atoms with Crippen molar-refractivity contribution in [1.82, 2.24) is 0 Å². The highest BCUT2D eigenvalue weighted by atomic mass is 16.7. The van der Waals surface area contributed by atoms with Crippen LogP contribution >= 0.6 is 0 Å². The zero-order chi connectivity index (χ0) is 20.4. The molecule has 6 atom stereocenters. The van der Waals surface area contributed by atoms with Gasteiger partial charge < -0.3 is 29.2 Å². The molecular weight excluding hydrogens is 364 g/mol. The number of aliphatic hydroxyl groups excluding tert-OH is 2. The molecular formula is C21H28O7. The van der Waals surface area contributed by atoms with Crippen LogP contribution in [0.25, 0.3) is 0 Å². The number of methoxy groups -OCH3 is 1. The summed E-state index contributed by atoms with van der Waals surface area (Å²) >= 11 is 0. The minimum Gasteiger partial charge on any atom is -0.466 e. The number of benzene rings is 1. The number of ether oxygens (including phenoxy) is 4. The minimum atomic E-state index is -1.22. The van der Waals surface area contributed by atoms with Crippen LogP contribution in [0.4, 0.5) is 0 Å². The fourth-order valence-electron chi connectivity index (χ4n) is 3.74. The molecule has 0 bridgehead atoms. The van der Waals surface area contributed by atoms with Gasteiger partial charge in [-0.25, -0.2) is 4.79 Å². The van der Waals surface area contributed by atoms with Gasteiger partial charge in [-0.2, -0.15) is 0 Å². The van der Waals surface area contributed by atoms with Crippen LogP contribution in [0.3, 0.4) is 0 Å². The number of esters is 1. The zero-order valence-electron chi connectivity index (χ0n) is 16.4. The summed E-state index contributed by atoms with van der Waals surface area (Å²) in [5, 5.41) is 21.4. The summed E-state index contributed by atoms with van der Waals surface area (Å²) in [6, 6.07) is 9.60. The quantitative estimate of drug-likeness (QED) is 0.584. The number of hydrogen-bond acceptors (Lipinski definition) is 7. The van der Waals surface area contributed by atoms with E-state index in [0.29, 0.717) is 6.42 Å². The third kappa shape index (κ3) is 4.14. The first-order chi connectivity index (χ1) is 13.3. The lowest BCUT2D eigenvalue weighted by molar-refractivity contribution is -0.367. The van der Waals surface area contributed by atoms with E-state index in [1.165, 1.54) is 19.3 Å². The third-order valence-corrected chi connectivity index (χ3v) is 5.59. The molecule has 28 heavy (non-hydrogen) atoms. The van der Waals surface area contributed by atoms with Crippen molar-refractivity contribution in [2.24, 2.45) is 0 Å². The van der Waals surface area contributed by atoms with Gasteiger partial charge in [-0.15, -0.1) is 0 Å².